The molecule has 32 heavy (non-hydrogen) atoms. The van der Waals surface area contributed by atoms with E-state index >= 15 is 0 Å². The highest BCUT2D eigenvalue weighted by atomic mass is 32.2. The molecule has 0 amide bonds. The van der Waals surface area contributed by atoms with Crippen molar-refractivity contribution in [2.45, 2.75) is 4.90 Å². The topological polar surface area (TPSA) is 209 Å². The molecule has 0 spiro atoms. The minimum atomic E-state index is -1.87. The van der Waals surface area contributed by atoms with Crippen LogP contribution in [-0.4, -0.2) is 35.3 Å². The third-order valence-corrected chi connectivity index (χ3v) is 5.69. The highest BCUT2D eigenvalue weighted by Gasteiger charge is 2.27. The van der Waals surface area contributed by atoms with Gasteiger partial charge in [0.15, 0.2) is 5.84 Å². The SMILES string of the molecule is CN(SON)c1c(S(N)=O)ccc(-c2cccc3c2NN(CCN)N3)c1C(=N)N=NN.S. The molecule has 1 aliphatic rings. The van der Waals surface area contributed by atoms with Gasteiger partial charge in [-0.3, -0.25) is 20.6 Å². The average molecular weight is 500 g/mol. The second kappa shape index (κ2) is 11.4. The normalized spacial score (nSPS) is 13.8. The second-order valence-electron chi connectivity index (χ2n) is 6.26. The molecule has 3 rings (SSSR count). The summed E-state index contributed by atoms with van der Waals surface area (Å²) in [6.07, 6.45) is 0. The van der Waals surface area contributed by atoms with Crippen LogP contribution in [0.4, 0.5) is 17.1 Å². The van der Waals surface area contributed by atoms with E-state index in [0.717, 1.165) is 29.2 Å². The number of anilines is 3. The van der Waals surface area contributed by atoms with E-state index in [2.05, 4.69) is 25.5 Å². The molecule has 11 N–H and O–H groups in total. The standard InChI is InChI=1S/C16H23N11O2S2.H2S/c1-26(30-29-20)15-12(31(21)28)6-5-9(13(15)16(18)22-25-19)10-3-2-4-11-14(10)24-27(23-11)8-7-17;/h2-6,23-24H,7-8,17,20-21H2,1H3,(H3,18,19,22);1H2. The van der Waals surface area contributed by atoms with Crippen molar-refractivity contribution in [3.63, 3.8) is 0 Å². The molecule has 1 heterocycles. The van der Waals surface area contributed by atoms with E-state index in [9.17, 15) is 4.21 Å². The Bertz CT molecular complexity index is 1040. The Morgan fingerprint density at radius 1 is 1.31 bits per heavy atom. The second-order valence-corrected chi connectivity index (χ2v) is 8.18. The first-order chi connectivity index (χ1) is 14.9. The average Bonchev–Trinajstić information content (AvgIpc) is 3.15. The number of para-hydroxylation sites is 1. The maximum Gasteiger partial charge on any atom is 0.178 e. The van der Waals surface area contributed by atoms with Crippen LogP contribution in [0, 0.1) is 5.41 Å². The Kier molecular flexibility index (Phi) is 9.22. The first-order valence-electron chi connectivity index (χ1n) is 8.87. The summed E-state index contributed by atoms with van der Waals surface area (Å²) < 4.78 is 18.4. The Labute approximate surface area is 198 Å². The van der Waals surface area contributed by atoms with Crippen LogP contribution in [0.1, 0.15) is 5.56 Å². The highest BCUT2D eigenvalue weighted by Crippen LogP contribution is 2.43. The van der Waals surface area contributed by atoms with Crippen LogP contribution >= 0.6 is 25.7 Å². The molecule has 0 saturated carbocycles. The molecule has 16 heteroatoms. The van der Waals surface area contributed by atoms with Crippen LogP contribution in [0.25, 0.3) is 11.1 Å². The third kappa shape index (κ3) is 5.13. The van der Waals surface area contributed by atoms with Crippen LogP contribution < -0.4 is 37.8 Å². The van der Waals surface area contributed by atoms with Crippen molar-refractivity contribution < 1.29 is 8.49 Å². The molecule has 0 radical (unpaired) electrons. The number of hydrogen-bond acceptors (Lipinski definition) is 11. The molecule has 2 aromatic carbocycles. The number of fused-ring (bicyclic) bond motifs is 1. The van der Waals surface area contributed by atoms with Gasteiger partial charge in [-0.15, -0.1) is 10.2 Å². The van der Waals surface area contributed by atoms with Crippen molar-refractivity contribution in [2.24, 2.45) is 32.9 Å². The molecule has 1 aliphatic heterocycles. The van der Waals surface area contributed by atoms with Gasteiger partial charge in [-0.1, -0.05) is 23.4 Å². The number of nitrogens with one attached hydrogen (secondary N) is 3. The number of nitrogens with two attached hydrogens (primary N) is 4. The molecule has 0 bridgehead atoms. The Hall–Kier alpha value is -2.44. The summed E-state index contributed by atoms with van der Waals surface area (Å²) in [4.78, 5) is 0.256. The van der Waals surface area contributed by atoms with Crippen molar-refractivity contribution in [3.05, 3.63) is 35.9 Å². The summed E-state index contributed by atoms with van der Waals surface area (Å²) in [7, 11) is -0.243. The maximum atomic E-state index is 12.2. The molecule has 0 fully saturated rings. The molecular weight excluding hydrogens is 474 g/mol. The molecule has 1 unspecified atom stereocenters. The van der Waals surface area contributed by atoms with Gasteiger partial charge in [0.1, 0.15) is 23.2 Å². The quantitative estimate of drug-likeness (QED) is 0.0519. The van der Waals surface area contributed by atoms with E-state index in [1.54, 1.807) is 24.3 Å². The van der Waals surface area contributed by atoms with Crippen molar-refractivity contribution in [2.75, 3.05) is 35.3 Å². The van der Waals surface area contributed by atoms with Crippen LogP contribution in [0.15, 0.2) is 45.6 Å². The fraction of sp³-hybridized carbons (Fsp3) is 0.188. The molecule has 0 aromatic heterocycles. The lowest BCUT2D eigenvalue weighted by atomic mass is 9.95. The summed E-state index contributed by atoms with van der Waals surface area (Å²) in [5.41, 5.74) is 15.7. The summed E-state index contributed by atoms with van der Waals surface area (Å²) in [5, 5.41) is 22.9. The number of hydrogen-bond donors (Lipinski definition) is 7. The van der Waals surface area contributed by atoms with Crippen molar-refractivity contribution in [3.8, 4) is 11.1 Å². The van der Waals surface area contributed by atoms with Gasteiger partial charge in [0.05, 0.1) is 34.1 Å². The van der Waals surface area contributed by atoms with E-state index in [4.69, 9.17) is 28.0 Å². The van der Waals surface area contributed by atoms with Gasteiger partial charge in [0, 0.05) is 19.2 Å². The highest BCUT2D eigenvalue weighted by molar-refractivity contribution is 7.96. The number of nitrogens with zero attached hydrogens (tertiary/aromatic N) is 4. The molecular formula is C16H25N11O2S3. The summed E-state index contributed by atoms with van der Waals surface area (Å²) in [5.74, 6) is 10.2. The van der Waals surface area contributed by atoms with Crippen molar-refractivity contribution in [1.29, 1.82) is 5.41 Å². The Morgan fingerprint density at radius 3 is 2.69 bits per heavy atom. The zero-order valence-corrected chi connectivity index (χ0v) is 19.7. The lowest BCUT2D eigenvalue weighted by Crippen LogP contribution is -2.34. The maximum absolute atomic E-state index is 12.2. The van der Waals surface area contributed by atoms with Gasteiger partial charge in [-0.25, -0.2) is 19.5 Å². The molecule has 2 aromatic rings. The lowest BCUT2D eigenvalue weighted by molar-refractivity contribution is 0.397. The molecule has 13 nitrogen and oxygen atoms in total. The largest absolute Gasteiger partial charge is 0.329 e. The van der Waals surface area contributed by atoms with Crippen LogP contribution in [-0.2, 0) is 15.3 Å². The van der Waals surface area contributed by atoms with Crippen LogP contribution in [0.2, 0.25) is 0 Å². The zero-order chi connectivity index (χ0) is 22.5. The summed E-state index contributed by atoms with van der Waals surface area (Å²) in [6.45, 7) is 1.00. The van der Waals surface area contributed by atoms with Crippen LogP contribution in [0.5, 0.6) is 0 Å². The molecule has 174 valence electrons. The van der Waals surface area contributed by atoms with Gasteiger partial charge >= 0.3 is 0 Å². The predicted molar refractivity (Wildman–Crippen MR) is 133 cm³/mol. The van der Waals surface area contributed by atoms with Gasteiger partial charge in [-0.05, 0) is 17.7 Å². The zero-order valence-electron chi connectivity index (χ0n) is 17.0. The van der Waals surface area contributed by atoms with Gasteiger partial charge < -0.3 is 11.6 Å². The third-order valence-electron chi connectivity index (χ3n) is 4.43. The number of benzene rings is 2. The Balaban J connectivity index is 0.00000363. The van der Waals surface area contributed by atoms with E-state index in [1.807, 2.05) is 18.2 Å². The van der Waals surface area contributed by atoms with Gasteiger partial charge in [0.25, 0.3) is 0 Å². The summed E-state index contributed by atoms with van der Waals surface area (Å²) >= 11 is 0.773. The van der Waals surface area contributed by atoms with Gasteiger partial charge in [-0.2, -0.15) is 13.5 Å². The first kappa shape index (κ1) is 25.8. The molecule has 0 aliphatic carbocycles. The van der Waals surface area contributed by atoms with E-state index < -0.39 is 11.0 Å². The summed E-state index contributed by atoms with van der Waals surface area (Å²) in [6, 6.07) is 8.97. The van der Waals surface area contributed by atoms with E-state index in [0.29, 0.717) is 29.9 Å². The van der Waals surface area contributed by atoms with Gasteiger partial charge in [0.2, 0.25) is 0 Å². The number of amidine groups is 1. The lowest BCUT2D eigenvalue weighted by Gasteiger charge is -2.24. The predicted octanol–water partition coefficient (Wildman–Crippen LogP) is 0.917. The fourth-order valence-electron chi connectivity index (χ4n) is 3.26. The number of hydrazine groups is 2. The minimum Gasteiger partial charge on any atom is -0.329 e. The minimum absolute atomic E-state index is 0. The monoisotopic (exact) mass is 499 g/mol. The number of rotatable bonds is 8. The van der Waals surface area contributed by atoms with E-state index in [-0.39, 0.29) is 24.2 Å². The van der Waals surface area contributed by atoms with E-state index in [1.165, 1.54) is 4.31 Å². The Morgan fingerprint density at radius 2 is 2.06 bits per heavy atom. The smallest absolute Gasteiger partial charge is 0.178 e. The van der Waals surface area contributed by atoms with Crippen molar-refractivity contribution >= 4 is 59.6 Å². The first-order valence-corrected chi connectivity index (χ1v) is 10.8. The fourth-order valence-corrected chi connectivity index (χ4v) is 4.34. The van der Waals surface area contributed by atoms with Crippen molar-refractivity contribution in [1.82, 2.24) is 5.12 Å². The molecule has 0 saturated heterocycles. The van der Waals surface area contributed by atoms with Crippen LogP contribution in [0.3, 0.4) is 0 Å². The molecule has 1 atom stereocenters.